The molecule has 0 radical (unpaired) electrons. The molecule has 1 N–H and O–H groups in total. The summed E-state index contributed by atoms with van der Waals surface area (Å²) >= 11 is 0. The number of carbonyl (C=O) groups excluding carboxylic acids is 3. The van der Waals surface area contributed by atoms with Crippen molar-refractivity contribution in [2.75, 3.05) is 80.3 Å². The number of amides is 4. The van der Waals surface area contributed by atoms with Crippen LogP contribution in [0.3, 0.4) is 0 Å². The first-order chi connectivity index (χ1) is 32.7. The Kier molecular flexibility index (Phi) is 11.9. The van der Waals surface area contributed by atoms with Crippen molar-refractivity contribution in [3.63, 3.8) is 0 Å². The van der Waals surface area contributed by atoms with Crippen LogP contribution in [0, 0.1) is 5.92 Å². The number of likely N-dealkylation sites (tertiary alicyclic amines) is 1. The number of aromatic nitrogens is 4. The quantitative estimate of drug-likeness (QED) is 0.156. The summed E-state index contributed by atoms with van der Waals surface area (Å²) in [6, 6.07) is 13.9. The number of carbonyl (C=O) groups is 3. The normalized spacial score (nSPS) is 20.5. The van der Waals surface area contributed by atoms with E-state index in [1.165, 1.54) is 0 Å². The predicted octanol–water partition coefficient (Wildman–Crippen LogP) is 8.18. The lowest BCUT2D eigenvalue weighted by Gasteiger charge is -2.39. The fourth-order valence-electron chi connectivity index (χ4n) is 11.8. The Bertz CT molecular complexity index is 2680. The Balaban J connectivity index is 0.800. The Morgan fingerprint density at radius 3 is 2.43 bits per heavy atom. The van der Waals surface area contributed by atoms with Gasteiger partial charge in [0.25, 0.3) is 6.43 Å². The van der Waals surface area contributed by atoms with Crippen molar-refractivity contribution in [2.45, 2.75) is 96.2 Å². The molecule has 67 heavy (non-hydrogen) atoms. The number of aryl methyl sites for hydroxylation is 1. The summed E-state index contributed by atoms with van der Waals surface area (Å²) in [5, 5.41) is 8.59. The molecule has 0 unspecified atom stereocenters. The molecule has 3 aromatic heterocycles. The van der Waals surface area contributed by atoms with Gasteiger partial charge in [-0.25, -0.2) is 13.6 Å². The van der Waals surface area contributed by atoms with Crippen molar-refractivity contribution in [3.05, 3.63) is 83.4 Å². The molecule has 9 heterocycles. The predicted molar refractivity (Wildman–Crippen MR) is 253 cm³/mol. The average molecular weight is 915 g/mol. The van der Waals surface area contributed by atoms with Crippen LogP contribution in [0.25, 0.3) is 22.0 Å². The fraction of sp³-hybridized carbons (Fsp3) is 0.510. The molecule has 6 aliphatic heterocycles. The zero-order valence-corrected chi connectivity index (χ0v) is 38.3. The highest BCUT2D eigenvalue weighted by atomic mass is 19.3. The maximum absolute atomic E-state index is 15.5. The number of alkyl halides is 2. The average Bonchev–Trinajstić information content (AvgIpc) is 3.93. The third-order valence-corrected chi connectivity index (χ3v) is 15.5. The molecule has 16 heteroatoms. The summed E-state index contributed by atoms with van der Waals surface area (Å²) < 4.78 is 41.3. The summed E-state index contributed by atoms with van der Waals surface area (Å²) in [5.41, 5.74) is 8.29. The third-order valence-electron chi connectivity index (χ3n) is 15.5. The monoisotopic (exact) mass is 914 g/mol. The highest BCUT2D eigenvalue weighted by Gasteiger charge is 2.35. The van der Waals surface area contributed by atoms with Crippen molar-refractivity contribution in [3.8, 4) is 11.1 Å². The van der Waals surface area contributed by atoms with E-state index in [4.69, 9.17) is 9.84 Å². The van der Waals surface area contributed by atoms with Crippen molar-refractivity contribution in [1.82, 2.24) is 34.4 Å². The fourth-order valence-corrected chi connectivity index (χ4v) is 11.8. The Morgan fingerprint density at radius 2 is 1.66 bits per heavy atom. The van der Waals surface area contributed by atoms with Crippen molar-refractivity contribution in [1.29, 1.82) is 0 Å². The molecule has 14 nitrogen and oxygen atoms in total. The second kappa shape index (κ2) is 18.3. The van der Waals surface area contributed by atoms with E-state index in [2.05, 4.69) is 52.6 Å². The SMILES string of the molecule is CC(=O)N1CCc2c(c(N3CCCc4cc(-c5cn(C6CCN(CC7CCN(c8cccc(N9CCC(=O)NC9=O)c8)CC7)CC6)c6ccncc56)c(C(F)F)cc43)nn2C2CCOCC2)C1. The van der Waals surface area contributed by atoms with Crippen LogP contribution in [-0.2, 0) is 33.7 Å². The van der Waals surface area contributed by atoms with E-state index in [-0.39, 0.29) is 35.5 Å². The number of piperidine rings is 2. The summed E-state index contributed by atoms with van der Waals surface area (Å²) in [6.45, 7) is 10.0. The van der Waals surface area contributed by atoms with Crippen LogP contribution in [0.4, 0.5) is 36.5 Å². The minimum Gasteiger partial charge on any atom is -0.381 e. The van der Waals surface area contributed by atoms with Gasteiger partial charge in [0.15, 0.2) is 5.82 Å². The van der Waals surface area contributed by atoms with Gasteiger partial charge in [-0.2, -0.15) is 5.10 Å². The van der Waals surface area contributed by atoms with Crippen LogP contribution in [0.1, 0.15) is 99.2 Å². The number of benzene rings is 2. The van der Waals surface area contributed by atoms with Gasteiger partial charge < -0.3 is 28.9 Å². The Hall–Kier alpha value is -5.87. The molecule has 11 rings (SSSR count). The number of fused-ring (bicyclic) bond motifs is 3. The van der Waals surface area contributed by atoms with Crippen LogP contribution < -0.4 is 20.0 Å². The van der Waals surface area contributed by atoms with Gasteiger partial charge in [0.05, 0.1) is 18.1 Å². The molecule has 0 aliphatic carbocycles. The summed E-state index contributed by atoms with van der Waals surface area (Å²) in [7, 11) is 0. The lowest BCUT2D eigenvalue weighted by molar-refractivity contribution is -0.129. The minimum absolute atomic E-state index is 0.0114. The second-order valence-electron chi connectivity index (χ2n) is 19.4. The summed E-state index contributed by atoms with van der Waals surface area (Å²) in [6.07, 6.45) is 11.6. The molecular weight excluding hydrogens is 855 g/mol. The van der Waals surface area contributed by atoms with Gasteiger partial charge in [0.2, 0.25) is 11.8 Å². The molecule has 0 spiro atoms. The van der Waals surface area contributed by atoms with E-state index in [0.717, 1.165) is 140 Å². The van der Waals surface area contributed by atoms with E-state index >= 15 is 8.78 Å². The molecule has 4 saturated heterocycles. The standard InChI is InChI=1S/C51H60F2N10O4/c1-33(64)59-22-12-46-44(31-59)50(56-63(46)37-14-24-67-25-15-37)61-17-3-4-35-26-40(41(49(52)53)28-47(35)61)43-32-62(45-7-16-54-29-42(43)45)36-10-18-57(19-11-36)30-34-8-20-58(21-9-34)38-5-2-6-39(27-38)60-23-13-48(65)55-51(60)66/h2,5-7,16,26-29,32,34,36-37,49H,3-4,8-15,17-25,30-31H2,1H3,(H,55,65,66). The number of nitrogens with one attached hydrogen (secondary N) is 1. The lowest BCUT2D eigenvalue weighted by Crippen LogP contribution is -2.49. The summed E-state index contributed by atoms with van der Waals surface area (Å²) in [4.78, 5) is 52.0. The number of pyridine rings is 1. The van der Waals surface area contributed by atoms with Gasteiger partial charge >= 0.3 is 6.03 Å². The number of hydrogen-bond acceptors (Lipinski definition) is 9. The van der Waals surface area contributed by atoms with Crippen molar-refractivity contribution in [2.24, 2.45) is 5.92 Å². The topological polar surface area (TPSA) is 124 Å². The minimum atomic E-state index is -2.70. The van der Waals surface area contributed by atoms with Gasteiger partial charge in [-0.3, -0.25) is 29.5 Å². The number of nitrogens with zero attached hydrogens (tertiary/aromatic N) is 9. The molecule has 4 amide bonds. The van der Waals surface area contributed by atoms with Crippen LogP contribution in [-0.4, -0.2) is 113 Å². The van der Waals surface area contributed by atoms with Crippen LogP contribution in [0.5, 0.6) is 0 Å². The number of hydrogen-bond donors (Lipinski definition) is 1. The number of urea groups is 1. The van der Waals surface area contributed by atoms with Crippen molar-refractivity contribution >= 4 is 51.6 Å². The zero-order valence-electron chi connectivity index (χ0n) is 38.3. The first-order valence-corrected chi connectivity index (χ1v) is 24.5. The zero-order chi connectivity index (χ0) is 45.8. The first kappa shape index (κ1) is 43.7. The first-order valence-electron chi connectivity index (χ1n) is 24.5. The third kappa shape index (κ3) is 8.44. The number of rotatable bonds is 9. The number of imide groups is 1. The van der Waals surface area contributed by atoms with Gasteiger partial charge in [0, 0.05) is 155 Å². The maximum atomic E-state index is 15.5. The molecule has 0 bridgehead atoms. The maximum Gasteiger partial charge on any atom is 0.328 e. The van der Waals surface area contributed by atoms with E-state index < -0.39 is 6.43 Å². The molecule has 0 atom stereocenters. The molecular formula is C51H60F2N10O4. The van der Waals surface area contributed by atoms with Gasteiger partial charge in [-0.1, -0.05) is 6.07 Å². The lowest BCUT2D eigenvalue weighted by atomic mass is 9.91. The smallest absolute Gasteiger partial charge is 0.328 e. The second-order valence-corrected chi connectivity index (χ2v) is 19.4. The largest absolute Gasteiger partial charge is 0.381 e. The van der Waals surface area contributed by atoms with E-state index in [1.54, 1.807) is 24.1 Å². The Labute approximate surface area is 389 Å². The highest BCUT2D eigenvalue weighted by Crippen LogP contribution is 2.46. The molecule has 0 saturated carbocycles. The summed E-state index contributed by atoms with van der Waals surface area (Å²) in [5.74, 6) is 1.17. The van der Waals surface area contributed by atoms with Gasteiger partial charge in [-0.15, -0.1) is 0 Å². The number of ether oxygens (including phenoxy) is 1. The van der Waals surface area contributed by atoms with Gasteiger partial charge in [-0.05, 0) is 105 Å². The van der Waals surface area contributed by atoms with E-state index in [9.17, 15) is 14.4 Å². The molecule has 5 aromatic rings. The number of anilines is 4. The molecule has 4 fully saturated rings. The van der Waals surface area contributed by atoms with Crippen LogP contribution >= 0.6 is 0 Å². The van der Waals surface area contributed by atoms with Crippen molar-refractivity contribution < 1.29 is 27.9 Å². The molecule has 352 valence electrons. The molecule has 6 aliphatic rings. The van der Waals surface area contributed by atoms with Crippen LogP contribution in [0.2, 0.25) is 0 Å². The molecule has 2 aromatic carbocycles. The van der Waals surface area contributed by atoms with E-state index in [1.807, 2.05) is 35.4 Å². The highest BCUT2D eigenvalue weighted by molar-refractivity contribution is 6.05. The number of halogens is 2. The Morgan fingerprint density at radius 1 is 0.851 bits per heavy atom. The van der Waals surface area contributed by atoms with Gasteiger partial charge in [0.1, 0.15) is 0 Å². The van der Waals surface area contributed by atoms with E-state index in [0.29, 0.717) is 63.7 Å². The van der Waals surface area contributed by atoms with Crippen LogP contribution in [0.15, 0.2) is 61.1 Å².